The summed E-state index contributed by atoms with van der Waals surface area (Å²) in [5.41, 5.74) is 2.38. The topological polar surface area (TPSA) is 58.6 Å². The lowest BCUT2D eigenvalue weighted by Gasteiger charge is -2.11. The van der Waals surface area contributed by atoms with Crippen molar-refractivity contribution in [2.75, 3.05) is 11.9 Å². The fourth-order valence-electron chi connectivity index (χ4n) is 1.96. The zero-order valence-corrected chi connectivity index (χ0v) is 12.0. The number of aliphatic hydroxyl groups is 1. The van der Waals surface area contributed by atoms with E-state index in [1.807, 2.05) is 43.3 Å². The highest BCUT2D eigenvalue weighted by Gasteiger charge is 2.06. The zero-order valence-electron chi connectivity index (χ0n) is 12.0. The number of nitrogens with one attached hydrogen (secondary N) is 1. The first kappa shape index (κ1) is 15.1. The molecule has 0 saturated heterocycles. The highest BCUT2D eigenvalue weighted by atomic mass is 16.5. The van der Waals surface area contributed by atoms with Gasteiger partial charge in [0.25, 0.3) is 0 Å². The molecule has 0 atom stereocenters. The van der Waals surface area contributed by atoms with E-state index in [1.54, 1.807) is 12.1 Å². The van der Waals surface area contributed by atoms with Crippen molar-refractivity contribution >= 4 is 11.6 Å². The molecule has 0 unspecified atom stereocenters. The van der Waals surface area contributed by atoms with Crippen molar-refractivity contribution < 1.29 is 14.6 Å². The van der Waals surface area contributed by atoms with E-state index in [1.165, 1.54) is 0 Å². The van der Waals surface area contributed by atoms with Gasteiger partial charge in [-0.25, -0.2) is 0 Å². The minimum atomic E-state index is -0.135. The third kappa shape index (κ3) is 4.33. The monoisotopic (exact) mass is 285 g/mol. The molecule has 0 spiro atoms. The van der Waals surface area contributed by atoms with Crippen molar-refractivity contribution in [2.45, 2.75) is 20.0 Å². The van der Waals surface area contributed by atoms with E-state index in [2.05, 4.69) is 5.32 Å². The van der Waals surface area contributed by atoms with Crippen LogP contribution < -0.4 is 10.1 Å². The molecular weight excluding hydrogens is 266 g/mol. The van der Waals surface area contributed by atoms with Gasteiger partial charge in [0, 0.05) is 11.3 Å². The molecule has 2 rings (SSSR count). The van der Waals surface area contributed by atoms with Gasteiger partial charge in [-0.1, -0.05) is 36.4 Å². The minimum absolute atomic E-state index is 0.101. The Labute approximate surface area is 124 Å². The van der Waals surface area contributed by atoms with Gasteiger partial charge in [0.1, 0.15) is 5.75 Å². The van der Waals surface area contributed by atoms with Gasteiger partial charge in [0.2, 0.25) is 5.91 Å². The fourth-order valence-corrected chi connectivity index (χ4v) is 1.96. The number of aliphatic hydroxyl groups excluding tert-OH is 1. The summed E-state index contributed by atoms with van der Waals surface area (Å²) in [6.45, 7) is 2.18. The molecular formula is C17H19NO3. The second-order valence-electron chi connectivity index (χ2n) is 4.73. The Morgan fingerprint density at radius 1 is 1.14 bits per heavy atom. The van der Waals surface area contributed by atoms with Gasteiger partial charge in [-0.15, -0.1) is 0 Å². The Hall–Kier alpha value is -2.33. The van der Waals surface area contributed by atoms with Crippen LogP contribution in [-0.2, 0) is 11.4 Å². The molecule has 0 fully saturated rings. The van der Waals surface area contributed by atoms with Crippen LogP contribution in [0.1, 0.15) is 17.5 Å². The normalized spacial score (nSPS) is 10.2. The summed E-state index contributed by atoms with van der Waals surface area (Å²) in [6.07, 6.45) is 0.258. The predicted octanol–water partition coefficient (Wildman–Crippen LogP) is 2.89. The van der Waals surface area contributed by atoms with Gasteiger partial charge in [0.05, 0.1) is 19.6 Å². The minimum Gasteiger partial charge on any atom is -0.493 e. The van der Waals surface area contributed by atoms with Crippen molar-refractivity contribution in [2.24, 2.45) is 0 Å². The SMILES string of the molecule is Cc1ccccc1OCCC(=O)Nc1ccccc1CO. The fraction of sp³-hybridized carbons (Fsp3) is 0.235. The smallest absolute Gasteiger partial charge is 0.227 e. The van der Waals surface area contributed by atoms with Crippen molar-refractivity contribution in [3.63, 3.8) is 0 Å². The number of hydrogen-bond donors (Lipinski definition) is 2. The standard InChI is InChI=1S/C17H19NO3/c1-13-6-2-5-9-16(13)21-11-10-17(20)18-15-8-4-3-7-14(15)12-19/h2-9,19H,10-12H2,1H3,(H,18,20). The number of carbonyl (C=O) groups excluding carboxylic acids is 1. The van der Waals surface area contributed by atoms with Crippen LogP contribution in [0.5, 0.6) is 5.75 Å². The summed E-state index contributed by atoms with van der Waals surface area (Å²) in [6, 6.07) is 14.9. The lowest BCUT2D eigenvalue weighted by Crippen LogP contribution is -2.16. The average Bonchev–Trinajstić information content (AvgIpc) is 2.50. The molecule has 0 aromatic heterocycles. The molecule has 2 aromatic rings. The molecule has 0 radical (unpaired) electrons. The summed E-state index contributed by atoms with van der Waals surface area (Å²) in [5, 5.41) is 12.0. The molecule has 1 amide bonds. The largest absolute Gasteiger partial charge is 0.493 e. The van der Waals surface area contributed by atoms with E-state index >= 15 is 0 Å². The van der Waals surface area contributed by atoms with Gasteiger partial charge >= 0.3 is 0 Å². The van der Waals surface area contributed by atoms with Gasteiger partial charge in [-0.3, -0.25) is 4.79 Å². The Morgan fingerprint density at radius 3 is 2.62 bits per heavy atom. The van der Waals surface area contributed by atoms with E-state index in [0.29, 0.717) is 17.9 Å². The number of carbonyl (C=O) groups is 1. The van der Waals surface area contributed by atoms with Crippen molar-refractivity contribution in [1.82, 2.24) is 0 Å². The van der Waals surface area contributed by atoms with Crippen LogP contribution in [0.2, 0.25) is 0 Å². The second-order valence-corrected chi connectivity index (χ2v) is 4.73. The lowest BCUT2D eigenvalue weighted by atomic mass is 10.2. The third-order valence-electron chi connectivity index (χ3n) is 3.14. The number of hydrogen-bond acceptors (Lipinski definition) is 3. The molecule has 2 aromatic carbocycles. The molecule has 0 aliphatic carbocycles. The number of benzene rings is 2. The molecule has 21 heavy (non-hydrogen) atoms. The van der Waals surface area contributed by atoms with Crippen LogP contribution in [-0.4, -0.2) is 17.6 Å². The van der Waals surface area contributed by atoms with Crippen LogP contribution in [0.3, 0.4) is 0 Å². The maximum absolute atomic E-state index is 11.9. The molecule has 110 valence electrons. The highest BCUT2D eigenvalue weighted by molar-refractivity contribution is 5.91. The van der Waals surface area contributed by atoms with E-state index in [0.717, 1.165) is 11.3 Å². The number of amides is 1. The summed E-state index contributed by atoms with van der Waals surface area (Å²) in [7, 11) is 0. The number of para-hydroxylation sites is 2. The maximum Gasteiger partial charge on any atom is 0.227 e. The van der Waals surface area contributed by atoms with E-state index in [4.69, 9.17) is 4.74 Å². The maximum atomic E-state index is 11.9. The van der Waals surface area contributed by atoms with Crippen LogP contribution in [0.15, 0.2) is 48.5 Å². The first-order chi connectivity index (χ1) is 10.2. The zero-order chi connectivity index (χ0) is 15.1. The quantitative estimate of drug-likeness (QED) is 0.858. The van der Waals surface area contributed by atoms with Crippen molar-refractivity contribution in [3.8, 4) is 5.75 Å². The van der Waals surface area contributed by atoms with Crippen LogP contribution in [0.4, 0.5) is 5.69 Å². The molecule has 4 heteroatoms. The van der Waals surface area contributed by atoms with Crippen LogP contribution >= 0.6 is 0 Å². The summed E-state index contributed by atoms with van der Waals surface area (Å²) in [4.78, 5) is 11.9. The molecule has 0 aliphatic rings. The number of anilines is 1. The van der Waals surface area contributed by atoms with Gasteiger partial charge in [0.15, 0.2) is 0 Å². The Bertz CT molecular complexity index is 610. The first-order valence-corrected chi connectivity index (χ1v) is 6.87. The van der Waals surface area contributed by atoms with E-state index < -0.39 is 0 Å². The Kier molecular flexibility index (Phi) is 5.35. The van der Waals surface area contributed by atoms with Crippen molar-refractivity contribution in [1.29, 1.82) is 0 Å². The molecule has 0 saturated carbocycles. The summed E-state index contributed by atoms with van der Waals surface area (Å²) >= 11 is 0. The molecule has 4 nitrogen and oxygen atoms in total. The summed E-state index contributed by atoms with van der Waals surface area (Å²) < 4.78 is 5.59. The summed E-state index contributed by atoms with van der Waals surface area (Å²) in [5.74, 6) is 0.658. The van der Waals surface area contributed by atoms with Crippen LogP contribution in [0, 0.1) is 6.92 Å². The van der Waals surface area contributed by atoms with Gasteiger partial charge < -0.3 is 15.2 Å². The van der Waals surface area contributed by atoms with Crippen molar-refractivity contribution in [3.05, 3.63) is 59.7 Å². The highest BCUT2D eigenvalue weighted by Crippen LogP contribution is 2.17. The van der Waals surface area contributed by atoms with E-state index in [-0.39, 0.29) is 18.9 Å². The molecule has 0 heterocycles. The second kappa shape index (κ2) is 7.45. The van der Waals surface area contributed by atoms with E-state index in [9.17, 15) is 9.90 Å². The third-order valence-corrected chi connectivity index (χ3v) is 3.14. The average molecular weight is 285 g/mol. The lowest BCUT2D eigenvalue weighted by molar-refractivity contribution is -0.116. The van der Waals surface area contributed by atoms with Gasteiger partial charge in [-0.05, 0) is 24.6 Å². The Balaban J connectivity index is 1.84. The Morgan fingerprint density at radius 2 is 1.86 bits per heavy atom. The molecule has 0 aliphatic heterocycles. The number of ether oxygens (including phenoxy) is 1. The predicted molar refractivity (Wildman–Crippen MR) is 82.3 cm³/mol. The molecule has 2 N–H and O–H groups in total. The number of aryl methyl sites for hydroxylation is 1. The van der Waals surface area contributed by atoms with Crippen LogP contribution in [0.25, 0.3) is 0 Å². The van der Waals surface area contributed by atoms with Gasteiger partial charge in [-0.2, -0.15) is 0 Å². The first-order valence-electron chi connectivity index (χ1n) is 6.87. The molecule has 0 bridgehead atoms. The number of rotatable bonds is 6.